The first kappa shape index (κ1) is 13.6. The standard InChI is InChI=1S/C15H19NO3/c1-15(2,14(18)19)8-7-10-3-5-12-11(9-10)4-6-13(17)16-12/h3,5,9H,4,6-8H2,1-2H3,(H,16,17)(H,18,19). The third-order valence-corrected chi connectivity index (χ3v) is 3.68. The summed E-state index contributed by atoms with van der Waals surface area (Å²) in [5.74, 6) is -0.704. The first-order chi connectivity index (χ1) is 8.88. The molecule has 1 amide bonds. The molecule has 2 rings (SSSR count). The molecule has 1 aliphatic rings. The van der Waals surface area contributed by atoms with Crippen molar-refractivity contribution in [3.8, 4) is 0 Å². The Hall–Kier alpha value is -1.84. The molecule has 0 saturated heterocycles. The van der Waals surface area contributed by atoms with Crippen LogP contribution in [0.4, 0.5) is 5.69 Å². The summed E-state index contributed by atoms with van der Waals surface area (Å²) >= 11 is 0. The van der Waals surface area contributed by atoms with E-state index in [0.29, 0.717) is 12.8 Å². The fourth-order valence-corrected chi connectivity index (χ4v) is 2.16. The van der Waals surface area contributed by atoms with Gasteiger partial charge in [0, 0.05) is 12.1 Å². The molecule has 0 bridgehead atoms. The molecule has 0 radical (unpaired) electrons. The lowest BCUT2D eigenvalue weighted by Gasteiger charge is -2.20. The van der Waals surface area contributed by atoms with Gasteiger partial charge in [-0.05, 0) is 50.3 Å². The van der Waals surface area contributed by atoms with Crippen molar-refractivity contribution >= 4 is 17.6 Å². The van der Waals surface area contributed by atoms with Crippen LogP contribution in [0.2, 0.25) is 0 Å². The Bertz CT molecular complexity index is 520. The predicted molar refractivity (Wildman–Crippen MR) is 73.1 cm³/mol. The third-order valence-electron chi connectivity index (χ3n) is 3.68. The van der Waals surface area contributed by atoms with Crippen LogP contribution in [0.3, 0.4) is 0 Å². The molecule has 4 nitrogen and oxygen atoms in total. The molecule has 0 atom stereocenters. The number of fused-ring (bicyclic) bond motifs is 1. The summed E-state index contributed by atoms with van der Waals surface area (Å²) in [5.41, 5.74) is 2.45. The number of carbonyl (C=O) groups is 2. The molecule has 0 fully saturated rings. The van der Waals surface area contributed by atoms with Crippen molar-refractivity contribution in [2.75, 3.05) is 5.32 Å². The van der Waals surface area contributed by atoms with E-state index in [2.05, 4.69) is 11.4 Å². The zero-order chi connectivity index (χ0) is 14.0. The number of carboxylic acid groups (broad SMARTS) is 1. The topological polar surface area (TPSA) is 66.4 Å². The second-order valence-electron chi connectivity index (χ2n) is 5.73. The highest BCUT2D eigenvalue weighted by Crippen LogP contribution is 2.27. The Morgan fingerprint density at radius 1 is 1.37 bits per heavy atom. The summed E-state index contributed by atoms with van der Waals surface area (Å²) in [6.07, 6.45) is 2.63. The van der Waals surface area contributed by atoms with Crippen LogP contribution in [0.1, 0.15) is 37.8 Å². The van der Waals surface area contributed by atoms with Gasteiger partial charge in [-0.25, -0.2) is 0 Å². The maximum atomic E-state index is 11.3. The molecule has 102 valence electrons. The zero-order valence-electron chi connectivity index (χ0n) is 11.3. The van der Waals surface area contributed by atoms with E-state index in [9.17, 15) is 9.59 Å². The molecule has 1 heterocycles. The van der Waals surface area contributed by atoms with Crippen LogP contribution < -0.4 is 5.32 Å². The molecule has 0 unspecified atom stereocenters. The van der Waals surface area contributed by atoms with E-state index in [4.69, 9.17) is 5.11 Å². The van der Waals surface area contributed by atoms with Crippen molar-refractivity contribution in [2.45, 2.75) is 39.5 Å². The molecular weight excluding hydrogens is 242 g/mol. The van der Waals surface area contributed by atoms with Gasteiger partial charge in [-0.3, -0.25) is 9.59 Å². The van der Waals surface area contributed by atoms with Crippen LogP contribution in [0, 0.1) is 5.41 Å². The third kappa shape index (κ3) is 3.13. The lowest BCUT2D eigenvalue weighted by molar-refractivity contribution is -0.147. The van der Waals surface area contributed by atoms with Gasteiger partial charge < -0.3 is 10.4 Å². The lowest BCUT2D eigenvalue weighted by Crippen LogP contribution is -2.24. The van der Waals surface area contributed by atoms with Crippen molar-refractivity contribution in [3.05, 3.63) is 29.3 Å². The van der Waals surface area contributed by atoms with Crippen LogP contribution >= 0.6 is 0 Å². The number of hydrogen-bond acceptors (Lipinski definition) is 2. The van der Waals surface area contributed by atoms with Gasteiger partial charge in [0.05, 0.1) is 5.41 Å². The second kappa shape index (κ2) is 5.03. The second-order valence-corrected chi connectivity index (χ2v) is 5.73. The monoisotopic (exact) mass is 261 g/mol. The molecule has 0 aliphatic carbocycles. The maximum absolute atomic E-state index is 11.3. The first-order valence-corrected chi connectivity index (χ1v) is 6.53. The maximum Gasteiger partial charge on any atom is 0.309 e. The average Bonchev–Trinajstić information content (AvgIpc) is 2.36. The van der Waals surface area contributed by atoms with Crippen molar-refractivity contribution in [2.24, 2.45) is 5.41 Å². The normalized spacial score (nSPS) is 14.7. The van der Waals surface area contributed by atoms with Crippen LogP contribution in [0.15, 0.2) is 18.2 Å². The van der Waals surface area contributed by atoms with Gasteiger partial charge in [-0.2, -0.15) is 0 Å². The number of aliphatic carboxylic acids is 1. The van der Waals surface area contributed by atoms with E-state index in [1.807, 2.05) is 12.1 Å². The Morgan fingerprint density at radius 3 is 2.79 bits per heavy atom. The van der Waals surface area contributed by atoms with Crippen molar-refractivity contribution in [1.29, 1.82) is 0 Å². The summed E-state index contributed by atoms with van der Waals surface area (Å²) in [7, 11) is 0. The number of rotatable bonds is 4. The summed E-state index contributed by atoms with van der Waals surface area (Å²) in [4.78, 5) is 22.3. The van der Waals surface area contributed by atoms with Gasteiger partial charge in [0.25, 0.3) is 0 Å². The van der Waals surface area contributed by atoms with E-state index >= 15 is 0 Å². The molecule has 19 heavy (non-hydrogen) atoms. The van der Waals surface area contributed by atoms with E-state index in [1.165, 1.54) is 0 Å². The number of hydrogen-bond donors (Lipinski definition) is 2. The Kier molecular flexibility index (Phi) is 3.60. The summed E-state index contributed by atoms with van der Waals surface area (Å²) in [6.45, 7) is 3.49. The number of benzene rings is 1. The van der Waals surface area contributed by atoms with E-state index < -0.39 is 11.4 Å². The number of nitrogens with one attached hydrogen (secondary N) is 1. The van der Waals surface area contributed by atoms with Gasteiger partial charge in [-0.1, -0.05) is 12.1 Å². The molecule has 4 heteroatoms. The van der Waals surface area contributed by atoms with Gasteiger partial charge in [0.15, 0.2) is 0 Å². The van der Waals surface area contributed by atoms with Gasteiger partial charge in [0.2, 0.25) is 5.91 Å². The van der Waals surface area contributed by atoms with E-state index in [1.54, 1.807) is 13.8 Å². The molecule has 0 saturated carbocycles. The Labute approximate surface area is 112 Å². The number of carbonyl (C=O) groups excluding carboxylic acids is 1. The summed E-state index contributed by atoms with van der Waals surface area (Å²) in [5, 5.41) is 11.9. The van der Waals surface area contributed by atoms with Gasteiger partial charge >= 0.3 is 5.97 Å². The van der Waals surface area contributed by atoms with Crippen LogP contribution in [0.25, 0.3) is 0 Å². The van der Waals surface area contributed by atoms with Gasteiger partial charge in [0.1, 0.15) is 0 Å². The van der Waals surface area contributed by atoms with Crippen LogP contribution in [-0.4, -0.2) is 17.0 Å². The van der Waals surface area contributed by atoms with Crippen LogP contribution in [0.5, 0.6) is 0 Å². The smallest absolute Gasteiger partial charge is 0.309 e. The molecule has 0 spiro atoms. The summed E-state index contributed by atoms with van der Waals surface area (Å²) in [6, 6.07) is 5.95. The molecule has 2 N–H and O–H groups in total. The van der Waals surface area contributed by atoms with Crippen molar-refractivity contribution in [1.82, 2.24) is 0 Å². The van der Waals surface area contributed by atoms with E-state index in [0.717, 1.165) is 29.7 Å². The summed E-state index contributed by atoms with van der Waals surface area (Å²) < 4.78 is 0. The van der Waals surface area contributed by atoms with E-state index in [-0.39, 0.29) is 5.91 Å². The number of amides is 1. The first-order valence-electron chi connectivity index (χ1n) is 6.53. The molecule has 1 aliphatic heterocycles. The minimum atomic E-state index is -0.766. The minimum absolute atomic E-state index is 0.0623. The van der Waals surface area contributed by atoms with Crippen molar-refractivity contribution < 1.29 is 14.7 Å². The fraction of sp³-hybridized carbons (Fsp3) is 0.467. The average molecular weight is 261 g/mol. The van der Waals surface area contributed by atoms with Crippen LogP contribution in [-0.2, 0) is 22.4 Å². The number of anilines is 1. The largest absolute Gasteiger partial charge is 0.481 e. The number of aryl methyl sites for hydroxylation is 2. The highest BCUT2D eigenvalue weighted by molar-refractivity contribution is 5.93. The zero-order valence-corrected chi connectivity index (χ0v) is 11.3. The highest BCUT2D eigenvalue weighted by Gasteiger charge is 2.26. The highest BCUT2D eigenvalue weighted by atomic mass is 16.4. The minimum Gasteiger partial charge on any atom is -0.481 e. The van der Waals surface area contributed by atoms with Gasteiger partial charge in [-0.15, -0.1) is 0 Å². The Balaban J connectivity index is 2.07. The lowest BCUT2D eigenvalue weighted by atomic mass is 9.86. The SMILES string of the molecule is CC(C)(CCc1ccc2c(c1)CCC(=O)N2)C(=O)O. The molecule has 1 aromatic rings. The fourth-order valence-electron chi connectivity index (χ4n) is 2.16. The molecular formula is C15H19NO3. The Morgan fingerprint density at radius 2 is 2.11 bits per heavy atom. The van der Waals surface area contributed by atoms with Crippen molar-refractivity contribution in [3.63, 3.8) is 0 Å². The molecule has 0 aromatic heterocycles. The predicted octanol–water partition coefficient (Wildman–Crippen LogP) is 2.61. The molecule has 1 aromatic carbocycles. The number of carboxylic acids is 1. The quantitative estimate of drug-likeness (QED) is 0.875.